The lowest BCUT2D eigenvalue weighted by atomic mass is 9.56. The highest BCUT2D eigenvalue weighted by Crippen LogP contribution is 2.57. The maximum atomic E-state index is 4.23. The average molecular weight is 798 g/mol. The topological polar surface area (TPSA) is 15.3 Å². The minimum atomic E-state index is -0.168. The lowest BCUT2D eigenvalue weighted by Crippen LogP contribution is -2.45. The fourth-order valence-electron chi connectivity index (χ4n) is 12.7. The van der Waals surface area contributed by atoms with Crippen LogP contribution < -0.4 is 21.1 Å². The van der Waals surface area contributed by atoms with Gasteiger partial charge in [-0.2, -0.15) is 0 Å². The van der Waals surface area contributed by atoms with Crippen LogP contribution in [0.1, 0.15) is 144 Å². The average Bonchev–Trinajstić information content (AvgIpc) is 3.82. The van der Waals surface area contributed by atoms with Crippen molar-refractivity contribution < 1.29 is 0 Å². The SMILES string of the molecule is CCCCCc1cc(C2=CC=CC3C4=C(NC23)C(C)(C)c2ccccc24)c2c(c1)N(c1cc3c(cc1C)C(C)(C)CCC3(C)C)c1c(ccc3c1C(C)(C)c1ccccc1-3)[B]2. The molecule has 3 heteroatoms. The van der Waals surface area contributed by atoms with Crippen molar-refractivity contribution >= 4 is 46.4 Å². The van der Waals surface area contributed by atoms with Gasteiger partial charge in [0.25, 0.3) is 0 Å². The van der Waals surface area contributed by atoms with Gasteiger partial charge in [-0.1, -0.05) is 177 Å². The Morgan fingerprint density at radius 3 is 2.11 bits per heavy atom. The zero-order valence-corrected chi connectivity index (χ0v) is 38.2. The van der Waals surface area contributed by atoms with Crippen LogP contribution in [0.3, 0.4) is 0 Å². The van der Waals surface area contributed by atoms with E-state index in [0.717, 1.165) is 6.42 Å². The highest BCUT2D eigenvalue weighted by Gasteiger charge is 2.49. The zero-order valence-electron chi connectivity index (χ0n) is 38.2. The van der Waals surface area contributed by atoms with E-state index in [0.29, 0.717) is 0 Å². The number of hydrogen-bond donors (Lipinski definition) is 1. The molecule has 61 heavy (non-hydrogen) atoms. The first kappa shape index (κ1) is 38.9. The van der Waals surface area contributed by atoms with Gasteiger partial charge in [0.1, 0.15) is 0 Å². The van der Waals surface area contributed by atoms with Crippen LogP contribution in [0.4, 0.5) is 17.1 Å². The molecule has 0 saturated heterocycles. The van der Waals surface area contributed by atoms with Crippen molar-refractivity contribution in [3.8, 4) is 11.1 Å². The van der Waals surface area contributed by atoms with Crippen molar-refractivity contribution in [2.45, 2.75) is 135 Å². The van der Waals surface area contributed by atoms with E-state index in [2.05, 4.69) is 190 Å². The zero-order chi connectivity index (χ0) is 42.4. The molecule has 2 heterocycles. The van der Waals surface area contributed by atoms with Crippen LogP contribution in [0.2, 0.25) is 0 Å². The molecule has 2 atom stereocenters. The van der Waals surface area contributed by atoms with Crippen LogP contribution in [0.25, 0.3) is 22.3 Å². The summed E-state index contributed by atoms with van der Waals surface area (Å²) < 4.78 is 0. The molecule has 2 aliphatic heterocycles. The Kier molecular flexibility index (Phi) is 8.44. The number of nitrogens with one attached hydrogen (secondary N) is 1. The molecule has 2 nitrogen and oxygen atoms in total. The molecular formula is C58H62BN2. The second-order valence-corrected chi connectivity index (χ2v) is 21.7. The molecule has 0 fully saturated rings. The van der Waals surface area contributed by atoms with Gasteiger partial charge in [-0.15, -0.1) is 0 Å². The molecule has 0 amide bonds. The van der Waals surface area contributed by atoms with Gasteiger partial charge in [-0.25, -0.2) is 0 Å². The predicted octanol–water partition coefficient (Wildman–Crippen LogP) is 13.1. The van der Waals surface area contributed by atoms with E-state index in [1.54, 1.807) is 0 Å². The maximum Gasteiger partial charge on any atom is 0.197 e. The molecule has 307 valence electrons. The molecule has 2 unspecified atom stereocenters. The van der Waals surface area contributed by atoms with Gasteiger partial charge < -0.3 is 10.2 Å². The Hall–Kier alpha value is -5.02. The largest absolute Gasteiger partial charge is 0.380 e. The van der Waals surface area contributed by atoms with Crippen molar-refractivity contribution in [3.05, 3.63) is 159 Å². The lowest BCUT2D eigenvalue weighted by molar-refractivity contribution is 0.332. The molecule has 0 aromatic heterocycles. The summed E-state index contributed by atoms with van der Waals surface area (Å²) in [6, 6.07) is 33.7. The molecule has 6 aliphatic rings. The molecule has 5 aromatic rings. The maximum absolute atomic E-state index is 4.23. The van der Waals surface area contributed by atoms with Gasteiger partial charge in [0.15, 0.2) is 7.28 Å². The van der Waals surface area contributed by atoms with E-state index >= 15 is 0 Å². The monoisotopic (exact) mass is 798 g/mol. The van der Waals surface area contributed by atoms with Crippen LogP contribution in [0.5, 0.6) is 0 Å². The molecule has 5 aromatic carbocycles. The summed E-state index contributed by atoms with van der Waals surface area (Å²) in [5.41, 5.74) is 26.6. The highest BCUT2D eigenvalue weighted by atomic mass is 15.2. The number of unbranched alkanes of at least 4 members (excludes halogenated alkanes) is 2. The smallest absolute Gasteiger partial charge is 0.197 e. The van der Waals surface area contributed by atoms with Crippen LogP contribution in [0, 0.1) is 12.8 Å². The van der Waals surface area contributed by atoms with Gasteiger partial charge in [0.05, 0.1) is 6.04 Å². The molecule has 11 rings (SSSR count). The van der Waals surface area contributed by atoms with Crippen LogP contribution in [0.15, 0.2) is 109 Å². The van der Waals surface area contributed by atoms with E-state index in [-0.39, 0.29) is 33.6 Å². The Morgan fingerprint density at radius 2 is 1.38 bits per heavy atom. The van der Waals surface area contributed by atoms with E-state index in [1.807, 2.05) is 0 Å². The summed E-state index contributed by atoms with van der Waals surface area (Å²) in [4.78, 5) is 2.76. The Bertz CT molecular complexity index is 2800. The summed E-state index contributed by atoms with van der Waals surface area (Å²) in [6.45, 7) is 24.3. The molecule has 1 radical (unpaired) electrons. The van der Waals surface area contributed by atoms with Gasteiger partial charge in [-0.3, -0.25) is 0 Å². The normalized spacial score (nSPS) is 22.1. The summed E-state index contributed by atoms with van der Waals surface area (Å²) in [5, 5.41) is 4.23. The lowest BCUT2D eigenvalue weighted by Gasteiger charge is -2.44. The Balaban J connectivity index is 1.16. The van der Waals surface area contributed by atoms with E-state index in [4.69, 9.17) is 0 Å². The molecular weight excluding hydrogens is 735 g/mol. The number of fused-ring (bicyclic) bond motifs is 11. The van der Waals surface area contributed by atoms with E-state index in [9.17, 15) is 0 Å². The molecule has 0 saturated carbocycles. The quantitative estimate of drug-likeness (QED) is 0.133. The number of anilines is 3. The summed E-state index contributed by atoms with van der Waals surface area (Å²) in [6.07, 6.45) is 14.4. The summed E-state index contributed by atoms with van der Waals surface area (Å²) in [5.74, 6) is 0.278. The molecule has 0 spiro atoms. The number of aryl methyl sites for hydroxylation is 2. The minimum absolute atomic E-state index is 0.0669. The summed E-state index contributed by atoms with van der Waals surface area (Å²) >= 11 is 0. The number of hydrogen-bond acceptors (Lipinski definition) is 2. The van der Waals surface area contributed by atoms with Crippen LogP contribution >= 0.6 is 0 Å². The first-order chi connectivity index (χ1) is 29.1. The fraction of sp³-hybridized carbons (Fsp3) is 0.379. The molecule has 0 bridgehead atoms. The van der Waals surface area contributed by atoms with E-state index < -0.39 is 0 Å². The van der Waals surface area contributed by atoms with Crippen LogP contribution in [-0.4, -0.2) is 13.3 Å². The Labute approximate surface area is 366 Å². The third-order valence-electron chi connectivity index (χ3n) is 16.2. The second kappa shape index (κ2) is 13.2. The summed E-state index contributed by atoms with van der Waals surface area (Å²) in [7, 11) is 2.57. The van der Waals surface area contributed by atoms with Crippen molar-refractivity contribution in [1.82, 2.24) is 5.32 Å². The fourth-order valence-corrected chi connectivity index (χ4v) is 12.7. The standard InChI is InChI=1S/C58H62BN2/c1-11-12-13-19-35-31-41(38-22-18-23-40-49-39-21-15-17-25-43(39)58(9,10)54(49)60-52(38)40)51-48(32-35)61(47-33-45-44(30-34(47)2)55(3,4)28-29-56(45,5)6)53-46(59-51)27-26-37-36-20-14-16-24-42(36)57(7,8)50(37)53/h14-18,20-27,30-33,40,52,60H,11-13,19,28-29H2,1-10H3. The Morgan fingerprint density at radius 1 is 0.689 bits per heavy atom. The number of nitrogens with zero attached hydrogens (tertiary/aromatic N) is 1. The third kappa shape index (κ3) is 5.47. The third-order valence-corrected chi connectivity index (χ3v) is 16.2. The van der Waals surface area contributed by atoms with Gasteiger partial charge >= 0.3 is 0 Å². The van der Waals surface area contributed by atoms with Crippen molar-refractivity contribution in [2.75, 3.05) is 4.90 Å². The molecule has 4 aliphatic carbocycles. The highest BCUT2D eigenvalue weighted by molar-refractivity contribution is 6.72. The van der Waals surface area contributed by atoms with E-state index in [1.165, 1.54) is 138 Å². The minimum Gasteiger partial charge on any atom is -0.380 e. The van der Waals surface area contributed by atoms with Gasteiger partial charge in [-0.05, 0) is 128 Å². The molecule has 1 N–H and O–H groups in total. The second-order valence-electron chi connectivity index (χ2n) is 21.7. The van der Waals surface area contributed by atoms with Gasteiger partial charge in [0, 0.05) is 39.5 Å². The van der Waals surface area contributed by atoms with Crippen molar-refractivity contribution in [2.24, 2.45) is 5.92 Å². The number of benzene rings is 5. The van der Waals surface area contributed by atoms with Crippen molar-refractivity contribution in [1.29, 1.82) is 0 Å². The number of rotatable bonds is 6. The van der Waals surface area contributed by atoms with Crippen LogP contribution in [-0.2, 0) is 28.1 Å². The number of allylic oxidation sites excluding steroid dienone is 3. The predicted molar refractivity (Wildman–Crippen MR) is 261 cm³/mol. The first-order valence-electron chi connectivity index (χ1n) is 23.4. The van der Waals surface area contributed by atoms with Gasteiger partial charge in [0.2, 0.25) is 0 Å². The first-order valence-corrected chi connectivity index (χ1v) is 23.4. The van der Waals surface area contributed by atoms with Crippen molar-refractivity contribution in [3.63, 3.8) is 0 Å².